The molecular weight excluding hydrogens is 898 g/mol. The van der Waals surface area contributed by atoms with Gasteiger partial charge in [-0.1, -0.05) is 122 Å². The Morgan fingerprint density at radius 3 is 2.03 bits per heavy atom. The maximum atomic E-state index is 13.4. The Morgan fingerprint density at radius 1 is 0.638 bits per heavy atom. The average Bonchev–Trinajstić information content (AvgIpc) is 3.82. The second kappa shape index (κ2) is 15.9. The number of rotatable bonds is 6. The van der Waals surface area contributed by atoms with E-state index in [1.807, 2.05) is 105 Å². The normalized spacial score (nSPS) is 12.0. The van der Waals surface area contributed by atoms with E-state index in [0.29, 0.717) is 11.3 Å². The van der Waals surface area contributed by atoms with Crippen LogP contribution in [-0.2, 0) is 25.5 Å². The van der Waals surface area contributed by atoms with Gasteiger partial charge in [0.1, 0.15) is 11.4 Å². The molecule has 58 heavy (non-hydrogen) atoms. The second-order valence-electron chi connectivity index (χ2n) is 14.8. The van der Waals surface area contributed by atoms with Crippen LogP contribution in [0.4, 0.5) is 4.39 Å². The molecular formula is C51H38FIrN3O2-2. The summed E-state index contributed by atoms with van der Waals surface area (Å²) in [5, 5.41) is 4.03. The van der Waals surface area contributed by atoms with Crippen LogP contribution in [0.1, 0.15) is 51.8 Å². The molecule has 0 aliphatic carbocycles. The van der Waals surface area contributed by atoms with Crippen LogP contribution in [0.5, 0.6) is 0 Å². The van der Waals surface area contributed by atoms with E-state index in [1.165, 1.54) is 17.7 Å². The van der Waals surface area contributed by atoms with Crippen LogP contribution in [0.15, 0.2) is 161 Å². The van der Waals surface area contributed by atoms with Crippen molar-refractivity contribution in [1.82, 2.24) is 15.0 Å². The molecule has 0 N–H and O–H groups in total. The molecule has 0 aliphatic rings. The number of hydrogen-bond acceptors (Lipinski definition) is 5. The first-order valence-corrected chi connectivity index (χ1v) is 18.9. The summed E-state index contributed by atoms with van der Waals surface area (Å²) >= 11 is 0. The molecule has 10 rings (SSSR count). The summed E-state index contributed by atoms with van der Waals surface area (Å²) in [6, 6.07) is 51.0. The summed E-state index contributed by atoms with van der Waals surface area (Å²) in [6.07, 6.45) is 3.52. The molecule has 0 fully saturated rings. The van der Waals surface area contributed by atoms with E-state index >= 15 is 0 Å². The largest absolute Gasteiger partial charge is 0.501 e. The van der Waals surface area contributed by atoms with Gasteiger partial charge in [-0.05, 0) is 82.0 Å². The first kappa shape index (κ1) is 37.3. The quantitative estimate of drug-likeness (QED) is 0.155. The van der Waals surface area contributed by atoms with Crippen molar-refractivity contribution >= 4 is 44.0 Å². The summed E-state index contributed by atoms with van der Waals surface area (Å²) in [4.78, 5) is 13.9. The molecule has 5 nitrogen and oxygen atoms in total. The predicted octanol–water partition coefficient (Wildman–Crippen LogP) is 13.5. The van der Waals surface area contributed by atoms with Crippen molar-refractivity contribution in [2.75, 3.05) is 0 Å². The zero-order chi connectivity index (χ0) is 40.0. The topological polar surface area (TPSA) is 65.0 Å². The van der Waals surface area contributed by atoms with Crippen LogP contribution in [0.2, 0.25) is 0 Å². The zero-order valence-electron chi connectivity index (χ0n) is 33.3. The van der Waals surface area contributed by atoms with E-state index in [1.54, 1.807) is 24.5 Å². The molecule has 5 aromatic heterocycles. The number of furan rings is 2. The van der Waals surface area contributed by atoms with Crippen molar-refractivity contribution in [3.05, 3.63) is 187 Å². The van der Waals surface area contributed by atoms with Crippen molar-refractivity contribution in [1.29, 1.82) is 0 Å². The molecule has 5 heterocycles. The summed E-state index contributed by atoms with van der Waals surface area (Å²) in [6.45, 7) is 8.10. The molecule has 0 saturated carbocycles. The Bertz CT molecular complexity index is 3080. The summed E-state index contributed by atoms with van der Waals surface area (Å²) in [7, 11) is 0. The molecule has 0 saturated heterocycles. The Hall–Kier alpha value is -6.27. The number of nitrogens with zero attached hydrogens (tertiary/aromatic N) is 3. The van der Waals surface area contributed by atoms with Gasteiger partial charge >= 0.3 is 0 Å². The minimum absolute atomic E-state index is 0. The van der Waals surface area contributed by atoms with Crippen molar-refractivity contribution in [2.24, 2.45) is 0 Å². The van der Waals surface area contributed by atoms with Gasteiger partial charge in [-0.25, -0.2) is 9.37 Å². The molecule has 1 radical (unpaired) electrons. The maximum absolute atomic E-state index is 13.4. The summed E-state index contributed by atoms with van der Waals surface area (Å²) < 4.78 is 34.0. The number of hydrogen-bond donors (Lipinski definition) is 0. The third kappa shape index (κ3) is 7.24. The van der Waals surface area contributed by atoms with Crippen LogP contribution < -0.4 is 0 Å². The van der Waals surface area contributed by atoms with E-state index < -0.39 is 5.89 Å². The van der Waals surface area contributed by atoms with E-state index in [2.05, 4.69) is 60.2 Å². The van der Waals surface area contributed by atoms with Gasteiger partial charge in [-0.15, -0.1) is 36.4 Å². The van der Waals surface area contributed by atoms with Gasteiger partial charge in [0.15, 0.2) is 0 Å². The second-order valence-corrected chi connectivity index (χ2v) is 14.8. The molecule has 0 spiro atoms. The summed E-state index contributed by atoms with van der Waals surface area (Å²) in [5.41, 5.74) is 10.8. The number of benzene rings is 5. The van der Waals surface area contributed by atoms with E-state index in [4.69, 9.17) is 15.2 Å². The molecule has 0 atom stereocenters. The number of pyridine rings is 3. The third-order valence-electron chi connectivity index (χ3n) is 10.6. The molecule has 0 aliphatic heterocycles. The average molecular weight is 937 g/mol. The molecule has 287 valence electrons. The van der Waals surface area contributed by atoms with Gasteiger partial charge < -0.3 is 18.8 Å². The van der Waals surface area contributed by atoms with Crippen LogP contribution >= 0.6 is 0 Å². The summed E-state index contributed by atoms with van der Waals surface area (Å²) in [5.74, 6) is -0.908. The van der Waals surface area contributed by atoms with Gasteiger partial charge in [0, 0.05) is 50.1 Å². The van der Waals surface area contributed by atoms with E-state index in [9.17, 15) is 4.39 Å². The molecule has 10 aromatic rings. The Labute approximate surface area is 351 Å². The smallest absolute Gasteiger partial charge is 0.216 e. The first-order chi connectivity index (χ1) is 28.0. The zero-order valence-corrected chi connectivity index (χ0v) is 34.7. The fraction of sp³-hybridized carbons (Fsp3) is 0.118. The Balaban J connectivity index is 0.000000175. The van der Waals surface area contributed by atoms with Crippen LogP contribution in [0, 0.1) is 17.9 Å². The fourth-order valence-corrected chi connectivity index (χ4v) is 7.31. The molecule has 0 unspecified atom stereocenters. The Kier molecular flexibility index (Phi) is 10.3. The van der Waals surface area contributed by atoms with Crippen molar-refractivity contribution < 1.29 is 34.7 Å². The van der Waals surface area contributed by atoms with E-state index in [0.717, 1.165) is 77.6 Å². The monoisotopic (exact) mass is 937 g/mol. The number of fused-ring (bicyclic) bond motifs is 6. The van der Waals surface area contributed by atoms with Crippen molar-refractivity contribution in [3.8, 4) is 33.6 Å². The molecule has 7 heteroatoms. The Morgan fingerprint density at radius 2 is 1.31 bits per heavy atom. The van der Waals surface area contributed by atoms with Gasteiger partial charge in [0.25, 0.3) is 0 Å². The van der Waals surface area contributed by atoms with Crippen molar-refractivity contribution in [2.45, 2.75) is 39.0 Å². The van der Waals surface area contributed by atoms with Crippen molar-refractivity contribution in [3.63, 3.8) is 0 Å². The predicted molar refractivity (Wildman–Crippen MR) is 227 cm³/mol. The maximum Gasteiger partial charge on any atom is 0.216 e. The molecule has 0 amide bonds. The minimum atomic E-state index is -0.650. The van der Waals surface area contributed by atoms with E-state index in [-0.39, 0.29) is 31.3 Å². The van der Waals surface area contributed by atoms with Crippen LogP contribution in [0.25, 0.3) is 77.6 Å². The van der Waals surface area contributed by atoms with Gasteiger partial charge in [0.05, 0.1) is 16.9 Å². The van der Waals surface area contributed by atoms with Gasteiger partial charge in [-0.3, -0.25) is 0 Å². The first-order valence-electron chi connectivity index (χ1n) is 19.4. The van der Waals surface area contributed by atoms with Gasteiger partial charge in [0.2, 0.25) is 5.71 Å². The van der Waals surface area contributed by atoms with Gasteiger partial charge in [-0.2, -0.15) is 0 Å². The molecule has 0 bridgehead atoms. The van der Waals surface area contributed by atoms with Crippen LogP contribution in [-0.4, -0.2) is 15.0 Å². The van der Waals surface area contributed by atoms with Crippen LogP contribution in [0.3, 0.4) is 0 Å². The molecule has 5 aromatic carbocycles. The SMILES string of the molecule is CC(C)(c1ccccc1)c1ccc2c(n1)oc1c(-c3cc(-c4ccc(F)cc4)ccn3)[c-]ccc12.[2H]C(C)(C)c1ccc2c(c1)oc1c(-c3ccccn3)[c-]ccc12.[Ir]. The standard InChI is InChI=1S/C31H22FN2O.C20H16NO.Ir/c1-31(2,22-7-4-3-5-8-22)28-16-15-25-24-9-6-10-26(29(24)35-30(25)34-28)27-19-21(17-18-33-27)20-11-13-23(32)14-12-20;1-13(2)14-9-10-15-16-6-5-7-17(18-8-3-4-11-21-18)20(16)22-19(15)12-14;/h3-9,11-19H,1-2H3;3-6,8-13H,1-2H3;/q2*-1;/i;13D;. The fourth-order valence-electron chi connectivity index (χ4n) is 7.31. The number of aromatic nitrogens is 3. The minimum Gasteiger partial charge on any atom is -0.501 e. The number of halogens is 1. The third-order valence-corrected chi connectivity index (χ3v) is 10.6.